The number of primary amides is 1. The van der Waals surface area contributed by atoms with Crippen LogP contribution in [-0.2, 0) is 0 Å². The zero-order chi connectivity index (χ0) is 14.7. The first kappa shape index (κ1) is 13.8. The molecule has 2 amide bonds. The topological polar surface area (TPSA) is 99.1 Å². The van der Waals surface area contributed by atoms with Crippen LogP contribution in [0.2, 0.25) is 5.15 Å². The van der Waals surface area contributed by atoms with E-state index in [-0.39, 0.29) is 16.3 Å². The first-order valence-electron chi connectivity index (χ1n) is 5.57. The van der Waals surface area contributed by atoms with Crippen molar-refractivity contribution in [2.75, 3.05) is 5.32 Å². The van der Waals surface area contributed by atoms with Crippen LogP contribution in [0.5, 0.6) is 0 Å². The van der Waals surface area contributed by atoms with Crippen molar-refractivity contribution in [2.45, 2.75) is 0 Å². The summed E-state index contributed by atoms with van der Waals surface area (Å²) in [7, 11) is 0. The Morgan fingerprint density at radius 1 is 1.20 bits per heavy atom. The fraction of sp³-hybridized carbons (Fsp3) is 0. The number of hydrogen-bond acceptors (Lipinski definition) is 3. The summed E-state index contributed by atoms with van der Waals surface area (Å²) >= 11 is 5.57. The van der Waals surface area contributed by atoms with E-state index in [2.05, 4.69) is 5.32 Å². The minimum absolute atomic E-state index is 0.0303. The predicted octanol–water partition coefficient (Wildman–Crippen LogP) is 1.32. The van der Waals surface area contributed by atoms with Crippen LogP contribution in [0.4, 0.5) is 5.69 Å². The van der Waals surface area contributed by atoms with Crippen LogP contribution in [0.1, 0.15) is 20.7 Å². The summed E-state index contributed by atoms with van der Waals surface area (Å²) in [6.45, 7) is 0. The van der Waals surface area contributed by atoms with E-state index in [1.54, 1.807) is 12.1 Å². The molecule has 102 valence electrons. The molecule has 0 fully saturated rings. The second-order valence-corrected chi connectivity index (χ2v) is 4.35. The highest BCUT2D eigenvalue weighted by Gasteiger charge is 2.12. The van der Waals surface area contributed by atoms with E-state index in [0.29, 0.717) is 10.4 Å². The largest absolute Gasteiger partial charge is 0.618 e. The summed E-state index contributed by atoms with van der Waals surface area (Å²) < 4.78 is 0.385. The van der Waals surface area contributed by atoms with Crippen LogP contribution in [0.3, 0.4) is 0 Å². The van der Waals surface area contributed by atoms with Gasteiger partial charge in [-0.2, -0.15) is 4.73 Å². The molecule has 0 aliphatic heterocycles. The highest BCUT2D eigenvalue weighted by atomic mass is 35.5. The molecule has 6 nitrogen and oxygen atoms in total. The molecular weight excluding hydrogens is 282 g/mol. The highest BCUT2D eigenvalue weighted by Crippen LogP contribution is 2.12. The summed E-state index contributed by atoms with van der Waals surface area (Å²) in [6, 6.07) is 8.91. The van der Waals surface area contributed by atoms with Crippen molar-refractivity contribution in [1.82, 2.24) is 0 Å². The van der Waals surface area contributed by atoms with Gasteiger partial charge in [0.05, 0.1) is 0 Å². The van der Waals surface area contributed by atoms with Gasteiger partial charge in [0.1, 0.15) is 5.56 Å². The monoisotopic (exact) mass is 291 g/mol. The summed E-state index contributed by atoms with van der Waals surface area (Å²) in [5.41, 5.74) is 5.97. The zero-order valence-corrected chi connectivity index (χ0v) is 10.9. The first-order chi connectivity index (χ1) is 9.47. The number of halogens is 1. The Bertz CT molecular complexity index is 688. The number of benzene rings is 1. The Labute approximate surface area is 119 Å². The summed E-state index contributed by atoms with van der Waals surface area (Å²) in [6.07, 6.45) is 1.07. The van der Waals surface area contributed by atoms with Crippen LogP contribution in [-0.4, -0.2) is 11.8 Å². The molecule has 0 atom stereocenters. The highest BCUT2D eigenvalue weighted by molar-refractivity contribution is 6.28. The fourth-order valence-electron chi connectivity index (χ4n) is 1.55. The van der Waals surface area contributed by atoms with Crippen LogP contribution >= 0.6 is 11.6 Å². The van der Waals surface area contributed by atoms with Gasteiger partial charge in [-0.3, -0.25) is 9.59 Å². The average molecular weight is 292 g/mol. The van der Waals surface area contributed by atoms with Crippen molar-refractivity contribution in [3.8, 4) is 0 Å². The van der Waals surface area contributed by atoms with Crippen molar-refractivity contribution in [3.63, 3.8) is 0 Å². The van der Waals surface area contributed by atoms with Gasteiger partial charge in [0.15, 0.2) is 6.20 Å². The third-order valence-electron chi connectivity index (χ3n) is 2.53. The lowest BCUT2D eigenvalue weighted by molar-refractivity contribution is -0.603. The third kappa shape index (κ3) is 3.04. The molecule has 2 aromatic rings. The Balaban J connectivity index is 2.21. The van der Waals surface area contributed by atoms with Gasteiger partial charge in [-0.1, -0.05) is 6.07 Å². The van der Waals surface area contributed by atoms with Crippen LogP contribution in [0.25, 0.3) is 0 Å². The number of nitrogens with one attached hydrogen (secondary N) is 1. The van der Waals surface area contributed by atoms with Gasteiger partial charge in [-0.05, 0) is 35.9 Å². The second-order valence-electron chi connectivity index (χ2n) is 3.97. The number of aromatic nitrogens is 1. The fourth-order valence-corrected chi connectivity index (χ4v) is 1.66. The number of rotatable bonds is 3. The van der Waals surface area contributed by atoms with E-state index in [1.165, 1.54) is 24.3 Å². The van der Waals surface area contributed by atoms with Crippen LogP contribution in [0.15, 0.2) is 42.6 Å². The Kier molecular flexibility index (Phi) is 3.86. The Morgan fingerprint density at radius 2 is 1.95 bits per heavy atom. The van der Waals surface area contributed by atoms with E-state index in [9.17, 15) is 14.8 Å². The number of nitrogens with zero attached hydrogens (tertiary/aromatic N) is 1. The van der Waals surface area contributed by atoms with E-state index in [1.807, 2.05) is 0 Å². The Hall–Kier alpha value is -2.60. The van der Waals surface area contributed by atoms with Crippen molar-refractivity contribution in [3.05, 3.63) is 64.1 Å². The van der Waals surface area contributed by atoms with Gasteiger partial charge >= 0.3 is 0 Å². The summed E-state index contributed by atoms with van der Waals surface area (Å²) in [5, 5.41) is 13.8. The lowest BCUT2D eigenvalue weighted by Crippen LogP contribution is -2.29. The third-order valence-corrected chi connectivity index (χ3v) is 2.83. The molecule has 0 saturated heterocycles. The van der Waals surface area contributed by atoms with Gasteiger partial charge < -0.3 is 16.3 Å². The van der Waals surface area contributed by atoms with E-state index >= 15 is 0 Å². The summed E-state index contributed by atoms with van der Waals surface area (Å²) in [5.74, 6) is -1.09. The molecule has 1 heterocycles. The number of amides is 2. The van der Waals surface area contributed by atoms with E-state index in [4.69, 9.17) is 17.3 Å². The number of nitrogens with two attached hydrogens (primary N) is 1. The predicted molar refractivity (Wildman–Crippen MR) is 73.3 cm³/mol. The van der Waals surface area contributed by atoms with Crippen LogP contribution < -0.4 is 15.8 Å². The quantitative estimate of drug-likeness (QED) is 0.507. The SMILES string of the molecule is NC(=O)c1cccc(NC(=O)c2ccc(Cl)[n+]([O-])c2)c1. The molecule has 0 aliphatic carbocycles. The van der Waals surface area contributed by atoms with Crippen LogP contribution in [0, 0.1) is 5.21 Å². The zero-order valence-electron chi connectivity index (χ0n) is 10.2. The minimum atomic E-state index is -0.593. The molecule has 0 aliphatic rings. The van der Waals surface area contributed by atoms with Gasteiger partial charge in [0, 0.05) is 17.3 Å². The van der Waals surface area contributed by atoms with Gasteiger partial charge in [-0.15, -0.1) is 0 Å². The maximum Gasteiger partial charge on any atom is 0.286 e. The molecule has 0 saturated carbocycles. The molecule has 1 aromatic carbocycles. The van der Waals surface area contributed by atoms with Crippen molar-refractivity contribution >= 4 is 29.1 Å². The molecule has 20 heavy (non-hydrogen) atoms. The summed E-state index contributed by atoms with van der Waals surface area (Å²) in [4.78, 5) is 23.0. The maximum atomic E-state index is 11.9. The van der Waals surface area contributed by atoms with Gasteiger partial charge in [0.25, 0.3) is 11.1 Å². The molecule has 7 heteroatoms. The Morgan fingerprint density at radius 3 is 2.60 bits per heavy atom. The standard InChI is InChI=1S/C13H10ClN3O3/c14-11-5-4-9(7-17(11)20)13(19)16-10-3-1-2-8(6-10)12(15)18/h1-7H,(H2,15,18)(H,16,19). The molecule has 3 N–H and O–H groups in total. The van der Waals surface area contributed by atoms with Crippen molar-refractivity contribution in [1.29, 1.82) is 0 Å². The smallest absolute Gasteiger partial charge is 0.286 e. The minimum Gasteiger partial charge on any atom is -0.618 e. The van der Waals surface area contributed by atoms with E-state index < -0.39 is 11.8 Å². The number of carbonyl (C=O) groups is 2. The number of hydrogen-bond donors (Lipinski definition) is 2. The molecule has 1 aromatic heterocycles. The lowest BCUT2D eigenvalue weighted by Gasteiger charge is -2.06. The van der Waals surface area contributed by atoms with Gasteiger partial charge in [-0.25, -0.2) is 0 Å². The normalized spacial score (nSPS) is 10.1. The first-order valence-corrected chi connectivity index (χ1v) is 5.95. The molecule has 0 unspecified atom stereocenters. The van der Waals surface area contributed by atoms with Crippen molar-refractivity contribution < 1.29 is 14.3 Å². The number of pyridine rings is 1. The van der Waals surface area contributed by atoms with Gasteiger partial charge in [0.2, 0.25) is 5.91 Å². The lowest BCUT2D eigenvalue weighted by atomic mass is 10.2. The molecular formula is C13H10ClN3O3. The molecule has 0 bridgehead atoms. The molecule has 0 spiro atoms. The second kappa shape index (κ2) is 5.58. The van der Waals surface area contributed by atoms with Crippen molar-refractivity contribution in [2.24, 2.45) is 5.73 Å². The number of carbonyl (C=O) groups excluding carboxylic acids is 2. The molecule has 2 rings (SSSR count). The van der Waals surface area contributed by atoms with E-state index in [0.717, 1.165) is 6.20 Å². The average Bonchev–Trinajstić information content (AvgIpc) is 2.42. The molecule has 0 radical (unpaired) electrons. The maximum absolute atomic E-state index is 11.9. The number of anilines is 1.